The highest BCUT2D eigenvalue weighted by Crippen LogP contribution is 2.19. The van der Waals surface area contributed by atoms with Gasteiger partial charge < -0.3 is 10.2 Å². The predicted molar refractivity (Wildman–Crippen MR) is 65.5 cm³/mol. The van der Waals surface area contributed by atoms with Crippen molar-refractivity contribution in [2.24, 2.45) is 0 Å². The van der Waals surface area contributed by atoms with Gasteiger partial charge in [-0.2, -0.15) is 0 Å². The third-order valence-corrected chi connectivity index (χ3v) is 2.53. The molecule has 0 saturated carbocycles. The first-order valence-electron chi connectivity index (χ1n) is 5.35. The Balaban J connectivity index is 1.96. The zero-order valence-electron chi connectivity index (χ0n) is 9.13. The number of hydrogen-bond acceptors (Lipinski definition) is 4. The van der Waals surface area contributed by atoms with Crippen LogP contribution in [0.25, 0.3) is 11.1 Å². The van der Waals surface area contributed by atoms with E-state index in [0.717, 1.165) is 16.7 Å². The van der Waals surface area contributed by atoms with Gasteiger partial charge in [0.1, 0.15) is 5.52 Å². The van der Waals surface area contributed by atoms with E-state index in [1.807, 2.05) is 30.5 Å². The lowest BCUT2D eigenvalue weighted by Gasteiger charge is -1.94. The Labute approximate surface area is 98.1 Å². The molecule has 0 aliphatic rings. The van der Waals surface area contributed by atoms with Crippen molar-refractivity contribution in [1.29, 1.82) is 0 Å². The van der Waals surface area contributed by atoms with E-state index in [1.54, 1.807) is 12.3 Å². The Morgan fingerprint density at radius 2 is 2.18 bits per heavy atom. The van der Waals surface area contributed by atoms with Crippen molar-refractivity contribution in [1.82, 2.24) is 9.97 Å². The highest BCUT2D eigenvalue weighted by molar-refractivity contribution is 5.76. The van der Waals surface area contributed by atoms with Crippen LogP contribution in [-0.4, -0.2) is 9.97 Å². The second kappa shape index (κ2) is 3.90. The molecule has 0 unspecified atom stereocenters. The van der Waals surface area contributed by atoms with Gasteiger partial charge >= 0.3 is 0 Å². The summed E-state index contributed by atoms with van der Waals surface area (Å²) in [4.78, 5) is 8.45. The van der Waals surface area contributed by atoms with Gasteiger partial charge in [-0.3, -0.25) is 4.98 Å². The molecule has 0 spiro atoms. The lowest BCUT2D eigenvalue weighted by Crippen LogP contribution is -1.88. The number of benzene rings is 1. The third-order valence-electron chi connectivity index (χ3n) is 2.53. The second-order valence-electron chi connectivity index (χ2n) is 3.87. The molecular weight excluding hydrogens is 214 g/mol. The number of nitrogens with zero attached hydrogens (tertiary/aromatic N) is 2. The van der Waals surface area contributed by atoms with E-state index >= 15 is 0 Å². The number of oxazole rings is 1. The van der Waals surface area contributed by atoms with E-state index in [9.17, 15) is 0 Å². The molecular formula is C13H11N3O. The molecule has 0 atom stereocenters. The summed E-state index contributed by atoms with van der Waals surface area (Å²) in [7, 11) is 0. The van der Waals surface area contributed by atoms with Crippen molar-refractivity contribution < 1.29 is 4.42 Å². The van der Waals surface area contributed by atoms with Crippen LogP contribution in [0.15, 0.2) is 47.1 Å². The molecule has 0 radical (unpaired) electrons. The number of anilines is 1. The minimum absolute atomic E-state index is 0.641. The summed E-state index contributed by atoms with van der Waals surface area (Å²) in [5.74, 6) is 0.679. The Morgan fingerprint density at radius 3 is 3.00 bits per heavy atom. The van der Waals surface area contributed by atoms with Gasteiger partial charge in [0.2, 0.25) is 0 Å². The second-order valence-corrected chi connectivity index (χ2v) is 3.87. The van der Waals surface area contributed by atoms with Gasteiger partial charge in [0.15, 0.2) is 11.5 Å². The summed E-state index contributed by atoms with van der Waals surface area (Å²) in [6.07, 6.45) is 4.20. The minimum Gasteiger partial charge on any atom is -0.440 e. The average molecular weight is 225 g/mol. The molecule has 3 aromatic rings. The summed E-state index contributed by atoms with van der Waals surface area (Å²) < 4.78 is 5.63. The van der Waals surface area contributed by atoms with Crippen molar-refractivity contribution in [2.75, 3.05) is 5.73 Å². The van der Waals surface area contributed by atoms with E-state index in [4.69, 9.17) is 10.2 Å². The van der Waals surface area contributed by atoms with Crippen molar-refractivity contribution in [3.8, 4) is 0 Å². The Hall–Kier alpha value is -2.36. The smallest absolute Gasteiger partial charge is 0.199 e. The van der Waals surface area contributed by atoms with Crippen LogP contribution in [0.1, 0.15) is 11.5 Å². The maximum atomic E-state index is 5.69. The number of nitrogens with two attached hydrogens (primary N) is 1. The molecule has 0 aliphatic carbocycles. The quantitative estimate of drug-likeness (QED) is 0.680. The number of hydrogen-bond donors (Lipinski definition) is 1. The van der Waals surface area contributed by atoms with Gasteiger partial charge in [0, 0.05) is 18.1 Å². The molecule has 17 heavy (non-hydrogen) atoms. The van der Waals surface area contributed by atoms with Crippen LogP contribution in [0.5, 0.6) is 0 Å². The first-order valence-corrected chi connectivity index (χ1v) is 5.35. The van der Waals surface area contributed by atoms with Crippen molar-refractivity contribution in [3.05, 3.63) is 54.2 Å². The Kier molecular flexibility index (Phi) is 2.26. The van der Waals surface area contributed by atoms with Crippen LogP contribution in [0, 0.1) is 0 Å². The van der Waals surface area contributed by atoms with Crippen molar-refractivity contribution in [3.63, 3.8) is 0 Å². The van der Waals surface area contributed by atoms with Crippen LogP contribution < -0.4 is 5.73 Å². The molecule has 1 aromatic carbocycles. The summed E-state index contributed by atoms with van der Waals surface area (Å²) in [5, 5.41) is 0. The Morgan fingerprint density at radius 1 is 1.24 bits per heavy atom. The van der Waals surface area contributed by atoms with Crippen LogP contribution in [0.4, 0.5) is 5.69 Å². The van der Waals surface area contributed by atoms with Gasteiger partial charge in [-0.15, -0.1) is 0 Å². The van der Waals surface area contributed by atoms with E-state index in [-0.39, 0.29) is 0 Å². The first kappa shape index (κ1) is 9.84. The zero-order valence-corrected chi connectivity index (χ0v) is 9.13. The molecule has 2 N–H and O–H groups in total. The monoisotopic (exact) mass is 225 g/mol. The summed E-state index contributed by atoms with van der Waals surface area (Å²) >= 11 is 0. The number of aromatic nitrogens is 2. The highest BCUT2D eigenvalue weighted by Gasteiger charge is 2.06. The molecule has 0 fully saturated rings. The van der Waals surface area contributed by atoms with Crippen LogP contribution in [-0.2, 0) is 6.42 Å². The standard InChI is InChI=1S/C13H11N3O/c14-10-3-4-12-11(7-10)16-13(17-12)6-9-2-1-5-15-8-9/h1-5,7-8H,6,14H2. The molecule has 2 aromatic heterocycles. The minimum atomic E-state index is 0.641. The number of rotatable bonds is 2. The molecule has 0 saturated heterocycles. The van der Waals surface area contributed by atoms with Crippen molar-refractivity contribution >= 4 is 16.8 Å². The van der Waals surface area contributed by atoms with Gasteiger partial charge in [-0.05, 0) is 29.8 Å². The molecule has 4 heteroatoms. The fourth-order valence-electron chi connectivity index (χ4n) is 1.75. The normalized spacial score (nSPS) is 10.8. The molecule has 2 heterocycles. The van der Waals surface area contributed by atoms with E-state index in [2.05, 4.69) is 9.97 Å². The van der Waals surface area contributed by atoms with Gasteiger partial charge in [-0.25, -0.2) is 4.98 Å². The van der Waals surface area contributed by atoms with Crippen LogP contribution >= 0.6 is 0 Å². The lowest BCUT2D eigenvalue weighted by atomic mass is 10.2. The predicted octanol–water partition coefficient (Wildman–Crippen LogP) is 2.40. The van der Waals surface area contributed by atoms with E-state index in [0.29, 0.717) is 18.0 Å². The molecule has 0 aliphatic heterocycles. The van der Waals surface area contributed by atoms with Crippen molar-refractivity contribution in [2.45, 2.75) is 6.42 Å². The third kappa shape index (κ3) is 1.97. The number of fused-ring (bicyclic) bond motifs is 1. The Bertz CT molecular complexity index is 646. The molecule has 84 valence electrons. The maximum absolute atomic E-state index is 5.69. The average Bonchev–Trinajstić information content (AvgIpc) is 2.71. The zero-order chi connectivity index (χ0) is 11.7. The summed E-state index contributed by atoms with van der Waals surface area (Å²) in [6, 6.07) is 9.35. The summed E-state index contributed by atoms with van der Waals surface area (Å²) in [6.45, 7) is 0. The number of nitrogen functional groups attached to an aromatic ring is 1. The topological polar surface area (TPSA) is 64.9 Å². The van der Waals surface area contributed by atoms with E-state index < -0.39 is 0 Å². The maximum Gasteiger partial charge on any atom is 0.199 e. The van der Waals surface area contributed by atoms with Gasteiger partial charge in [-0.1, -0.05) is 6.07 Å². The number of pyridine rings is 1. The fraction of sp³-hybridized carbons (Fsp3) is 0.0769. The molecule has 4 nitrogen and oxygen atoms in total. The fourth-order valence-corrected chi connectivity index (χ4v) is 1.75. The summed E-state index contributed by atoms with van der Waals surface area (Å²) in [5.41, 5.74) is 9.02. The largest absolute Gasteiger partial charge is 0.440 e. The van der Waals surface area contributed by atoms with Gasteiger partial charge in [0.25, 0.3) is 0 Å². The van der Waals surface area contributed by atoms with Crippen LogP contribution in [0.3, 0.4) is 0 Å². The van der Waals surface area contributed by atoms with Crippen LogP contribution in [0.2, 0.25) is 0 Å². The molecule has 3 rings (SSSR count). The van der Waals surface area contributed by atoms with E-state index in [1.165, 1.54) is 0 Å². The first-order chi connectivity index (χ1) is 8.31. The lowest BCUT2D eigenvalue weighted by molar-refractivity contribution is 0.544. The molecule has 0 bridgehead atoms. The highest BCUT2D eigenvalue weighted by atomic mass is 16.3. The molecule has 0 amide bonds. The van der Waals surface area contributed by atoms with Gasteiger partial charge in [0.05, 0.1) is 6.42 Å². The SMILES string of the molecule is Nc1ccc2oc(Cc3cccnc3)nc2c1.